The minimum absolute atomic E-state index is 0.152. The van der Waals surface area contributed by atoms with Crippen LogP contribution < -0.4 is 10.6 Å². The summed E-state index contributed by atoms with van der Waals surface area (Å²) in [7, 11) is 0. The molecule has 0 aliphatic rings. The molecule has 0 aliphatic carbocycles. The number of hydrogen-bond donors (Lipinski definition) is 2. The molecule has 2 heterocycles. The Kier molecular flexibility index (Phi) is 6.37. The summed E-state index contributed by atoms with van der Waals surface area (Å²) in [5.41, 5.74) is 3.05. The Morgan fingerprint density at radius 2 is 1.89 bits per heavy atom. The fraction of sp³-hybridized carbons (Fsp3) is 0.333. The number of amides is 1. The maximum Gasteiger partial charge on any atom is 0.290 e. The van der Waals surface area contributed by atoms with Crippen LogP contribution in [-0.2, 0) is 6.54 Å². The highest BCUT2D eigenvalue weighted by Gasteiger charge is 2.17. The summed E-state index contributed by atoms with van der Waals surface area (Å²) < 4.78 is 5.25. The number of nitrogens with zero attached hydrogens (tertiary/aromatic N) is 3. The number of carbonyl (C=O) groups excluding carboxylic acids is 1. The van der Waals surface area contributed by atoms with E-state index < -0.39 is 0 Å². The summed E-state index contributed by atoms with van der Waals surface area (Å²) in [6, 6.07) is 13.2. The van der Waals surface area contributed by atoms with E-state index in [2.05, 4.69) is 46.5 Å². The molecule has 146 valence electrons. The first kappa shape index (κ1) is 19.5. The van der Waals surface area contributed by atoms with Gasteiger partial charge in [-0.05, 0) is 24.0 Å². The van der Waals surface area contributed by atoms with Crippen molar-refractivity contribution in [2.24, 2.45) is 0 Å². The molecule has 7 heteroatoms. The van der Waals surface area contributed by atoms with Gasteiger partial charge in [0.15, 0.2) is 0 Å². The summed E-state index contributed by atoms with van der Waals surface area (Å²) >= 11 is 0. The minimum atomic E-state index is -0.315. The molecule has 0 atom stereocenters. The minimum Gasteiger partial charge on any atom is -0.354 e. The molecule has 0 spiro atoms. The molecule has 0 bridgehead atoms. The lowest BCUT2D eigenvalue weighted by Crippen LogP contribution is -2.22. The van der Waals surface area contributed by atoms with Crippen LogP contribution in [0.1, 0.15) is 54.9 Å². The molecule has 0 saturated carbocycles. The van der Waals surface area contributed by atoms with Crippen molar-refractivity contribution in [1.29, 1.82) is 0 Å². The molecule has 0 unspecified atom stereocenters. The second-order valence-electron chi connectivity index (χ2n) is 6.83. The quantitative estimate of drug-likeness (QED) is 0.614. The Morgan fingerprint density at radius 3 is 2.61 bits per heavy atom. The van der Waals surface area contributed by atoms with E-state index in [0.717, 1.165) is 24.2 Å². The van der Waals surface area contributed by atoms with Crippen molar-refractivity contribution in [3.8, 4) is 11.4 Å². The van der Waals surface area contributed by atoms with E-state index >= 15 is 0 Å². The Balaban J connectivity index is 1.76. The molecule has 1 aromatic carbocycles. The van der Waals surface area contributed by atoms with Gasteiger partial charge in [-0.2, -0.15) is 0 Å². The Hall–Kier alpha value is -3.22. The SMILES string of the molecule is CCCNc1nc(-c2cc(C(=O)NCc3ccccc3)on2)cc(C(C)C)n1. The first-order valence-electron chi connectivity index (χ1n) is 9.49. The van der Waals surface area contributed by atoms with Gasteiger partial charge in [-0.25, -0.2) is 9.97 Å². The summed E-state index contributed by atoms with van der Waals surface area (Å²) in [5, 5.41) is 10.1. The lowest BCUT2D eigenvalue weighted by Gasteiger charge is -2.10. The van der Waals surface area contributed by atoms with E-state index in [1.54, 1.807) is 6.07 Å². The third kappa shape index (κ3) is 4.94. The van der Waals surface area contributed by atoms with Crippen molar-refractivity contribution in [3.63, 3.8) is 0 Å². The van der Waals surface area contributed by atoms with Gasteiger partial charge < -0.3 is 15.2 Å². The van der Waals surface area contributed by atoms with Crippen molar-refractivity contribution in [2.45, 2.75) is 39.7 Å². The Bertz CT molecular complexity index is 922. The molecule has 2 N–H and O–H groups in total. The topological polar surface area (TPSA) is 92.9 Å². The second kappa shape index (κ2) is 9.12. The Labute approximate surface area is 164 Å². The number of aromatic nitrogens is 3. The summed E-state index contributed by atoms with van der Waals surface area (Å²) in [4.78, 5) is 21.4. The van der Waals surface area contributed by atoms with Crippen LogP contribution in [0.15, 0.2) is 47.0 Å². The van der Waals surface area contributed by atoms with E-state index in [1.807, 2.05) is 36.4 Å². The van der Waals surface area contributed by atoms with Gasteiger partial charge in [0.1, 0.15) is 5.69 Å². The van der Waals surface area contributed by atoms with E-state index in [0.29, 0.717) is 23.9 Å². The zero-order chi connectivity index (χ0) is 19.9. The van der Waals surface area contributed by atoms with Crippen LogP contribution in [0, 0.1) is 0 Å². The zero-order valence-electron chi connectivity index (χ0n) is 16.4. The second-order valence-corrected chi connectivity index (χ2v) is 6.83. The van der Waals surface area contributed by atoms with Crippen LogP contribution in [0.3, 0.4) is 0 Å². The lowest BCUT2D eigenvalue weighted by molar-refractivity contribution is 0.0914. The highest BCUT2D eigenvalue weighted by molar-refractivity contribution is 5.92. The van der Waals surface area contributed by atoms with Crippen LogP contribution in [-0.4, -0.2) is 27.6 Å². The van der Waals surface area contributed by atoms with Crippen molar-refractivity contribution in [2.75, 3.05) is 11.9 Å². The number of benzene rings is 1. The molecule has 2 aromatic heterocycles. The summed E-state index contributed by atoms with van der Waals surface area (Å²) in [6.45, 7) is 7.43. The summed E-state index contributed by atoms with van der Waals surface area (Å²) in [5.74, 6) is 0.634. The van der Waals surface area contributed by atoms with E-state index in [-0.39, 0.29) is 17.6 Å². The van der Waals surface area contributed by atoms with Gasteiger partial charge in [-0.1, -0.05) is 56.3 Å². The first-order valence-corrected chi connectivity index (χ1v) is 9.49. The molecular formula is C21H25N5O2. The van der Waals surface area contributed by atoms with E-state index in [9.17, 15) is 4.79 Å². The summed E-state index contributed by atoms with van der Waals surface area (Å²) in [6.07, 6.45) is 0.973. The van der Waals surface area contributed by atoms with Gasteiger partial charge in [0, 0.05) is 24.8 Å². The molecule has 0 saturated heterocycles. The molecular weight excluding hydrogens is 354 g/mol. The van der Waals surface area contributed by atoms with Gasteiger partial charge >= 0.3 is 0 Å². The highest BCUT2D eigenvalue weighted by atomic mass is 16.5. The van der Waals surface area contributed by atoms with Crippen molar-refractivity contribution in [1.82, 2.24) is 20.4 Å². The fourth-order valence-corrected chi connectivity index (χ4v) is 2.58. The van der Waals surface area contributed by atoms with E-state index in [1.165, 1.54) is 0 Å². The molecule has 0 aliphatic heterocycles. The van der Waals surface area contributed by atoms with Crippen molar-refractivity contribution < 1.29 is 9.32 Å². The monoisotopic (exact) mass is 379 g/mol. The average Bonchev–Trinajstić information content (AvgIpc) is 3.21. The van der Waals surface area contributed by atoms with Crippen LogP contribution in [0.2, 0.25) is 0 Å². The normalized spacial score (nSPS) is 10.9. The van der Waals surface area contributed by atoms with E-state index in [4.69, 9.17) is 4.52 Å². The van der Waals surface area contributed by atoms with Gasteiger partial charge in [0.05, 0.1) is 5.69 Å². The maximum atomic E-state index is 12.4. The number of nitrogens with one attached hydrogen (secondary N) is 2. The number of hydrogen-bond acceptors (Lipinski definition) is 6. The van der Waals surface area contributed by atoms with Gasteiger partial charge in [-0.3, -0.25) is 4.79 Å². The molecule has 3 aromatic rings. The highest BCUT2D eigenvalue weighted by Crippen LogP contribution is 2.23. The number of rotatable bonds is 8. The van der Waals surface area contributed by atoms with Crippen LogP contribution >= 0.6 is 0 Å². The largest absolute Gasteiger partial charge is 0.354 e. The van der Waals surface area contributed by atoms with Gasteiger partial charge in [0.25, 0.3) is 5.91 Å². The average molecular weight is 379 g/mol. The number of carbonyl (C=O) groups is 1. The number of anilines is 1. The predicted octanol–water partition coefficient (Wildman–Crippen LogP) is 4.01. The van der Waals surface area contributed by atoms with Crippen molar-refractivity contribution in [3.05, 3.63) is 59.5 Å². The van der Waals surface area contributed by atoms with Crippen LogP contribution in [0.4, 0.5) is 5.95 Å². The molecule has 0 radical (unpaired) electrons. The Morgan fingerprint density at radius 1 is 1.11 bits per heavy atom. The molecule has 3 rings (SSSR count). The predicted molar refractivity (Wildman–Crippen MR) is 108 cm³/mol. The van der Waals surface area contributed by atoms with Gasteiger partial charge in [0.2, 0.25) is 11.7 Å². The maximum absolute atomic E-state index is 12.4. The van der Waals surface area contributed by atoms with Crippen LogP contribution in [0.5, 0.6) is 0 Å². The van der Waals surface area contributed by atoms with Gasteiger partial charge in [-0.15, -0.1) is 0 Å². The molecule has 28 heavy (non-hydrogen) atoms. The fourth-order valence-electron chi connectivity index (χ4n) is 2.58. The third-order valence-electron chi connectivity index (χ3n) is 4.16. The molecule has 0 fully saturated rings. The zero-order valence-corrected chi connectivity index (χ0v) is 16.4. The third-order valence-corrected chi connectivity index (χ3v) is 4.16. The van der Waals surface area contributed by atoms with Crippen molar-refractivity contribution >= 4 is 11.9 Å². The lowest BCUT2D eigenvalue weighted by atomic mass is 10.1. The molecule has 1 amide bonds. The smallest absolute Gasteiger partial charge is 0.290 e. The molecule has 7 nitrogen and oxygen atoms in total. The first-order chi connectivity index (χ1) is 13.6. The van der Waals surface area contributed by atoms with Crippen LogP contribution in [0.25, 0.3) is 11.4 Å². The standard InChI is InChI=1S/C21H25N5O2/c1-4-10-22-21-24-16(14(2)3)11-17(25-21)18-12-19(28-26-18)20(27)23-13-15-8-6-5-7-9-15/h5-9,11-12,14H,4,10,13H2,1-3H3,(H,23,27)(H,22,24,25).